The van der Waals surface area contributed by atoms with E-state index in [1.807, 2.05) is 0 Å². The molecule has 0 aliphatic carbocycles. The third kappa shape index (κ3) is 2.68. The van der Waals surface area contributed by atoms with Gasteiger partial charge in [0.05, 0.1) is 18.1 Å². The first-order chi connectivity index (χ1) is 9.81. The third-order valence-electron chi connectivity index (χ3n) is 5.46. The Hall–Kier alpha value is -1.10. The van der Waals surface area contributed by atoms with E-state index in [0.29, 0.717) is 6.42 Å². The topological polar surface area (TPSA) is 54.1 Å². The molecule has 3 rings (SSSR count). The number of hydrogen-bond donors (Lipinski definition) is 0. The van der Waals surface area contributed by atoms with Crippen molar-refractivity contribution in [2.24, 2.45) is 17.8 Å². The minimum Gasteiger partial charge on any atom is -0.301 e. The van der Waals surface area contributed by atoms with Crippen LogP contribution in [0.25, 0.3) is 0 Å². The molecule has 0 aromatic rings. The summed E-state index contributed by atoms with van der Waals surface area (Å²) in [7, 11) is 0. The van der Waals surface area contributed by atoms with E-state index in [1.165, 1.54) is 45.4 Å². The van der Waals surface area contributed by atoms with Crippen molar-refractivity contribution in [2.75, 3.05) is 32.7 Å². The second-order valence-electron chi connectivity index (χ2n) is 6.72. The van der Waals surface area contributed by atoms with Crippen molar-refractivity contribution in [2.45, 2.75) is 38.1 Å². The van der Waals surface area contributed by atoms with Gasteiger partial charge in [0, 0.05) is 38.6 Å². The smallest absolute Gasteiger partial charge is 0.0669 e. The predicted octanol–water partition coefficient (Wildman–Crippen LogP) is 1.85. The van der Waals surface area contributed by atoms with E-state index in [9.17, 15) is 5.26 Å². The normalized spacial score (nSPS) is 35.0. The molecule has 3 fully saturated rings. The van der Waals surface area contributed by atoms with Crippen LogP contribution in [-0.2, 0) is 0 Å². The highest BCUT2D eigenvalue weighted by Crippen LogP contribution is 2.40. The molecule has 4 nitrogen and oxygen atoms in total. The molecule has 0 unspecified atom stereocenters. The molecule has 0 N–H and O–H groups in total. The molecule has 3 heterocycles. The zero-order chi connectivity index (χ0) is 13.9. The van der Waals surface area contributed by atoms with Crippen molar-refractivity contribution in [3.05, 3.63) is 0 Å². The number of nitrogens with zero attached hydrogens (tertiary/aromatic N) is 4. The van der Waals surface area contributed by atoms with Crippen LogP contribution in [0.2, 0.25) is 0 Å². The first kappa shape index (κ1) is 13.9. The van der Waals surface area contributed by atoms with Gasteiger partial charge in [-0.3, -0.25) is 4.90 Å². The van der Waals surface area contributed by atoms with Crippen LogP contribution in [0, 0.1) is 40.4 Å². The van der Waals surface area contributed by atoms with Gasteiger partial charge in [-0.25, -0.2) is 0 Å². The molecular weight excluding hydrogens is 248 g/mol. The van der Waals surface area contributed by atoms with Gasteiger partial charge >= 0.3 is 0 Å². The number of rotatable bonds is 4. The van der Waals surface area contributed by atoms with Gasteiger partial charge in [0.15, 0.2) is 0 Å². The minimum absolute atomic E-state index is 0.0379. The summed E-state index contributed by atoms with van der Waals surface area (Å²) in [6.45, 7) is 5.80. The number of likely N-dealkylation sites (tertiary alicyclic amines) is 1. The number of nitriles is 2. The molecule has 0 radical (unpaired) electrons. The summed E-state index contributed by atoms with van der Waals surface area (Å²) in [4.78, 5) is 5.21. The zero-order valence-corrected chi connectivity index (χ0v) is 12.2. The molecular formula is C16H24N4. The molecule has 0 aromatic heterocycles. The van der Waals surface area contributed by atoms with Crippen LogP contribution >= 0.6 is 0 Å². The van der Waals surface area contributed by atoms with Gasteiger partial charge in [-0.05, 0) is 37.6 Å². The number of fused-ring (bicyclic) bond motifs is 3. The van der Waals surface area contributed by atoms with E-state index in [2.05, 4.69) is 21.9 Å². The van der Waals surface area contributed by atoms with Crippen molar-refractivity contribution in [3.8, 4) is 12.1 Å². The number of piperidine rings is 1. The largest absolute Gasteiger partial charge is 0.301 e. The lowest BCUT2D eigenvalue weighted by atomic mass is 9.90. The summed E-state index contributed by atoms with van der Waals surface area (Å²) in [5.41, 5.74) is 0. The second-order valence-corrected chi connectivity index (χ2v) is 6.72. The molecule has 0 saturated carbocycles. The molecule has 4 atom stereocenters. The fraction of sp³-hybridized carbons (Fsp3) is 0.875. The van der Waals surface area contributed by atoms with Crippen LogP contribution in [0.15, 0.2) is 0 Å². The lowest BCUT2D eigenvalue weighted by molar-refractivity contribution is 0.151. The Kier molecular flexibility index (Phi) is 4.24. The molecule has 3 saturated heterocycles. The maximum atomic E-state index is 9.21. The van der Waals surface area contributed by atoms with E-state index < -0.39 is 0 Å². The maximum Gasteiger partial charge on any atom is 0.0669 e. The van der Waals surface area contributed by atoms with E-state index in [4.69, 9.17) is 5.26 Å². The molecule has 3 aliphatic rings. The molecule has 0 amide bonds. The SMILES string of the molecule is N#CCC[C@H](C#N)CN1C[C@@H]2CN3CCCC[C@H]3[C@H]2C1. The highest BCUT2D eigenvalue weighted by atomic mass is 15.3. The quantitative estimate of drug-likeness (QED) is 0.783. The number of hydrogen-bond acceptors (Lipinski definition) is 4. The third-order valence-corrected chi connectivity index (χ3v) is 5.46. The summed E-state index contributed by atoms with van der Waals surface area (Å²) in [5.74, 6) is 1.70. The van der Waals surface area contributed by atoms with Gasteiger partial charge in [0.2, 0.25) is 0 Å². The maximum absolute atomic E-state index is 9.21. The monoisotopic (exact) mass is 272 g/mol. The molecule has 3 aliphatic heterocycles. The Labute approximate surface area is 122 Å². The highest BCUT2D eigenvalue weighted by Gasteiger charge is 2.47. The van der Waals surface area contributed by atoms with Gasteiger partial charge in [0.1, 0.15) is 0 Å². The van der Waals surface area contributed by atoms with Gasteiger partial charge < -0.3 is 4.90 Å². The average Bonchev–Trinajstić information content (AvgIpc) is 3.00. The van der Waals surface area contributed by atoms with Gasteiger partial charge in [-0.2, -0.15) is 10.5 Å². The molecule has 0 aromatic carbocycles. The summed E-state index contributed by atoms with van der Waals surface area (Å²) in [6.07, 6.45) is 5.40. The molecule has 108 valence electrons. The lowest BCUT2D eigenvalue weighted by Gasteiger charge is -2.33. The molecule has 0 bridgehead atoms. The Balaban J connectivity index is 1.53. The average molecular weight is 272 g/mol. The van der Waals surface area contributed by atoms with E-state index in [-0.39, 0.29) is 5.92 Å². The predicted molar refractivity (Wildman–Crippen MR) is 76.6 cm³/mol. The fourth-order valence-corrected chi connectivity index (χ4v) is 4.54. The first-order valence-electron chi connectivity index (χ1n) is 8.04. The summed E-state index contributed by atoms with van der Waals surface area (Å²) < 4.78 is 0. The Morgan fingerprint density at radius 3 is 2.85 bits per heavy atom. The first-order valence-corrected chi connectivity index (χ1v) is 8.04. The van der Waals surface area contributed by atoms with Crippen molar-refractivity contribution in [1.29, 1.82) is 10.5 Å². The summed E-state index contributed by atoms with van der Waals surface area (Å²) in [5, 5.41) is 17.9. The Bertz CT molecular complexity index is 421. The Morgan fingerprint density at radius 2 is 2.05 bits per heavy atom. The summed E-state index contributed by atoms with van der Waals surface area (Å²) >= 11 is 0. The van der Waals surface area contributed by atoms with Crippen LogP contribution in [0.4, 0.5) is 0 Å². The molecule has 0 spiro atoms. The Morgan fingerprint density at radius 1 is 1.15 bits per heavy atom. The van der Waals surface area contributed by atoms with E-state index >= 15 is 0 Å². The minimum atomic E-state index is 0.0379. The van der Waals surface area contributed by atoms with Gasteiger partial charge in [-0.15, -0.1) is 0 Å². The van der Waals surface area contributed by atoms with Crippen molar-refractivity contribution in [3.63, 3.8) is 0 Å². The van der Waals surface area contributed by atoms with Crippen molar-refractivity contribution in [1.82, 2.24) is 9.80 Å². The lowest BCUT2D eigenvalue weighted by Crippen LogP contribution is -2.40. The highest BCUT2D eigenvalue weighted by molar-refractivity contribution is 5.01. The van der Waals surface area contributed by atoms with E-state index in [0.717, 1.165) is 30.8 Å². The van der Waals surface area contributed by atoms with Crippen molar-refractivity contribution < 1.29 is 0 Å². The van der Waals surface area contributed by atoms with Gasteiger partial charge in [-0.1, -0.05) is 6.42 Å². The van der Waals surface area contributed by atoms with Crippen LogP contribution < -0.4 is 0 Å². The van der Waals surface area contributed by atoms with Crippen LogP contribution in [0.1, 0.15) is 32.1 Å². The van der Waals surface area contributed by atoms with Crippen molar-refractivity contribution >= 4 is 0 Å². The standard InChI is InChI=1S/C16H24N4/c17-6-3-4-13(8-18)9-19-10-14-11-20-7-2-1-5-16(20)15(14)12-19/h13-16H,1-5,7,9-12H2/t13-,14-,15+,16+/m1/s1. The molecule has 20 heavy (non-hydrogen) atoms. The fourth-order valence-electron chi connectivity index (χ4n) is 4.54. The zero-order valence-electron chi connectivity index (χ0n) is 12.2. The second kappa shape index (κ2) is 6.12. The van der Waals surface area contributed by atoms with E-state index in [1.54, 1.807) is 0 Å². The van der Waals surface area contributed by atoms with Gasteiger partial charge in [0.25, 0.3) is 0 Å². The van der Waals surface area contributed by atoms with Crippen LogP contribution in [-0.4, -0.2) is 48.6 Å². The molecule has 4 heteroatoms. The summed E-state index contributed by atoms with van der Waals surface area (Å²) in [6, 6.07) is 5.36. The van der Waals surface area contributed by atoms with Crippen LogP contribution in [0.3, 0.4) is 0 Å². The van der Waals surface area contributed by atoms with Crippen LogP contribution in [0.5, 0.6) is 0 Å².